The van der Waals surface area contributed by atoms with Gasteiger partial charge < -0.3 is 14.7 Å². The Morgan fingerprint density at radius 1 is 1.11 bits per heavy atom. The molecule has 5 heterocycles. The highest BCUT2D eigenvalue weighted by molar-refractivity contribution is 7.88. The van der Waals surface area contributed by atoms with E-state index in [0.29, 0.717) is 48.5 Å². The van der Waals surface area contributed by atoms with Gasteiger partial charge in [0.25, 0.3) is 0 Å². The smallest absolute Gasteiger partial charge is 0.419 e. The van der Waals surface area contributed by atoms with Gasteiger partial charge in [0.1, 0.15) is 5.15 Å². The summed E-state index contributed by atoms with van der Waals surface area (Å²) in [6.45, 7) is 2.19. The van der Waals surface area contributed by atoms with Crippen molar-refractivity contribution in [3.63, 3.8) is 0 Å². The van der Waals surface area contributed by atoms with Crippen molar-refractivity contribution in [2.24, 2.45) is 0 Å². The molecule has 1 N–H and O–H groups in total. The van der Waals surface area contributed by atoms with Crippen LogP contribution in [0.4, 0.5) is 18.0 Å². The average Bonchev–Trinajstić information content (AvgIpc) is 3.58. The van der Waals surface area contributed by atoms with E-state index in [4.69, 9.17) is 21.4 Å². The van der Waals surface area contributed by atoms with E-state index in [2.05, 4.69) is 9.88 Å². The van der Waals surface area contributed by atoms with E-state index in [9.17, 15) is 31.5 Å². The van der Waals surface area contributed by atoms with Crippen molar-refractivity contribution < 1.29 is 36.2 Å². The number of nitrogens with zero attached hydrogens (tertiary/aromatic N) is 6. The highest BCUT2D eigenvalue weighted by Gasteiger charge is 2.33. The molecule has 1 atom stereocenters. The van der Waals surface area contributed by atoms with Crippen molar-refractivity contribution in [2.45, 2.75) is 50.6 Å². The normalized spacial score (nSPS) is 17.6. The molecule has 16 heteroatoms. The summed E-state index contributed by atoms with van der Waals surface area (Å²) >= 11 is 6.10. The number of hydrogen-bond acceptors (Lipinski definition) is 8. The summed E-state index contributed by atoms with van der Waals surface area (Å²) < 4.78 is 73.5. The number of aliphatic hydroxyl groups excluding tert-OH is 1. The van der Waals surface area contributed by atoms with Gasteiger partial charge in [-0.2, -0.15) is 22.6 Å². The molecule has 1 fully saturated rings. The van der Waals surface area contributed by atoms with Crippen molar-refractivity contribution in [3.8, 4) is 11.3 Å². The Hall–Kier alpha value is -3.50. The lowest BCUT2D eigenvalue weighted by molar-refractivity contribution is -0.137. The number of carbonyl (C=O) groups is 1. The lowest BCUT2D eigenvalue weighted by Gasteiger charge is -2.33. The van der Waals surface area contributed by atoms with Crippen molar-refractivity contribution in [1.82, 2.24) is 28.5 Å². The third kappa shape index (κ3) is 6.90. The molecule has 0 saturated carbocycles. The number of alkyl halides is 3. The van der Waals surface area contributed by atoms with Crippen molar-refractivity contribution in [3.05, 3.63) is 70.1 Å². The molecule has 0 spiro atoms. The molecule has 0 radical (unpaired) electrons. The summed E-state index contributed by atoms with van der Waals surface area (Å²) in [4.78, 5) is 18.9. The van der Waals surface area contributed by atoms with Gasteiger partial charge in [0.15, 0.2) is 5.65 Å². The molecular weight excluding hydrogens is 661 g/mol. The topological polar surface area (TPSA) is 123 Å². The van der Waals surface area contributed by atoms with Gasteiger partial charge in [-0.05, 0) is 61.7 Å². The maximum absolute atomic E-state index is 13.2. The van der Waals surface area contributed by atoms with Crippen LogP contribution in [0.3, 0.4) is 0 Å². The quantitative estimate of drug-likeness (QED) is 0.275. The summed E-state index contributed by atoms with van der Waals surface area (Å²) in [5.74, 6) is 0.155. The fourth-order valence-electron chi connectivity index (χ4n) is 6.60. The number of pyridine rings is 1. The predicted molar refractivity (Wildman–Crippen MR) is 169 cm³/mol. The number of benzene rings is 1. The number of methoxy groups -OCH3 is 1. The van der Waals surface area contributed by atoms with Gasteiger partial charge in [0.05, 0.1) is 37.3 Å². The molecule has 252 valence electrons. The van der Waals surface area contributed by atoms with E-state index in [0.717, 1.165) is 47.9 Å². The fraction of sp³-hybridized carbons (Fsp3) is 0.452. The molecule has 4 aromatic rings. The minimum atomic E-state index is -4.49. The summed E-state index contributed by atoms with van der Waals surface area (Å²) in [5, 5.41) is 17.0. The second-order valence-electron chi connectivity index (χ2n) is 12.0. The number of ether oxygens (including phenoxy) is 1. The molecule has 0 bridgehead atoms. The molecule has 0 aliphatic carbocycles. The SMILES string of the molecule is COC(=O)n1cc(C2CCN(CC(O)Cn3nc(-c4ccc(C(F)(F)F)cc4)c4c3CCN(S(C)(=O)=O)C4)CC2)c2ccc(Cl)nc21. The zero-order chi connectivity index (χ0) is 33.7. The van der Waals surface area contributed by atoms with E-state index in [-0.39, 0.29) is 30.7 Å². The number of β-amino-alcohol motifs (C(OH)–C–C–N with tert-alkyl or cyclic N) is 1. The second kappa shape index (κ2) is 12.8. The summed E-state index contributed by atoms with van der Waals surface area (Å²) in [6, 6.07) is 8.18. The Morgan fingerprint density at radius 2 is 1.81 bits per heavy atom. The van der Waals surface area contributed by atoms with Crippen molar-refractivity contribution >= 4 is 38.8 Å². The van der Waals surface area contributed by atoms with Gasteiger partial charge in [0, 0.05) is 54.5 Å². The third-order valence-electron chi connectivity index (χ3n) is 8.95. The zero-order valence-electron chi connectivity index (χ0n) is 25.7. The summed E-state index contributed by atoms with van der Waals surface area (Å²) in [6.07, 6.45) is -1.05. The first kappa shape index (κ1) is 33.4. The standard InChI is InChI=1S/C31H34ClF3N6O5S/c1-46-30(43)40-18-24(23-7-8-27(32)36-29(23)40)19-9-12-38(13-10-19)15-22(42)16-41-26-11-14-39(47(2,44)45)17-25(26)28(37-41)20-3-5-21(6-4-20)31(33,34)35/h3-8,18-19,22,42H,9-17H2,1-2H3. The minimum absolute atomic E-state index is 0.0439. The minimum Gasteiger partial charge on any atom is -0.452 e. The molecule has 0 amide bonds. The van der Waals surface area contributed by atoms with Crippen LogP contribution in [-0.2, 0) is 40.4 Å². The number of hydrogen-bond donors (Lipinski definition) is 1. The van der Waals surface area contributed by atoms with Gasteiger partial charge in [-0.1, -0.05) is 23.7 Å². The number of rotatable bonds is 7. The van der Waals surface area contributed by atoms with E-state index in [1.54, 1.807) is 16.9 Å². The maximum atomic E-state index is 13.2. The molecule has 47 heavy (non-hydrogen) atoms. The summed E-state index contributed by atoms with van der Waals surface area (Å²) in [5.41, 5.74) is 2.85. The lowest BCUT2D eigenvalue weighted by atomic mass is 9.89. The van der Waals surface area contributed by atoms with Crippen LogP contribution in [0.25, 0.3) is 22.3 Å². The molecule has 11 nitrogen and oxygen atoms in total. The maximum Gasteiger partial charge on any atom is 0.419 e. The lowest BCUT2D eigenvalue weighted by Crippen LogP contribution is -2.40. The van der Waals surface area contributed by atoms with Crippen LogP contribution < -0.4 is 0 Å². The third-order valence-corrected chi connectivity index (χ3v) is 10.4. The number of sulfonamides is 1. The van der Waals surface area contributed by atoms with E-state index in [1.807, 2.05) is 6.07 Å². The number of likely N-dealkylation sites (tertiary alicyclic amines) is 1. The summed E-state index contributed by atoms with van der Waals surface area (Å²) in [7, 11) is -2.21. The average molecular weight is 695 g/mol. The molecule has 1 aromatic carbocycles. The highest BCUT2D eigenvalue weighted by Crippen LogP contribution is 2.36. The zero-order valence-corrected chi connectivity index (χ0v) is 27.3. The first-order chi connectivity index (χ1) is 22.2. The van der Waals surface area contributed by atoms with Crippen molar-refractivity contribution in [2.75, 3.05) is 39.5 Å². The van der Waals surface area contributed by atoms with Gasteiger partial charge in [0.2, 0.25) is 10.0 Å². The van der Waals surface area contributed by atoms with Gasteiger partial charge in [-0.3, -0.25) is 4.68 Å². The van der Waals surface area contributed by atoms with Crippen LogP contribution in [0.15, 0.2) is 42.6 Å². The molecule has 6 rings (SSSR count). The highest BCUT2D eigenvalue weighted by atomic mass is 35.5. The Kier molecular flexibility index (Phi) is 9.13. The van der Waals surface area contributed by atoms with Crippen LogP contribution in [0, 0.1) is 0 Å². The Morgan fingerprint density at radius 3 is 2.45 bits per heavy atom. The van der Waals surface area contributed by atoms with E-state index >= 15 is 0 Å². The van der Waals surface area contributed by atoms with Crippen LogP contribution >= 0.6 is 11.6 Å². The van der Waals surface area contributed by atoms with Crippen LogP contribution in [0.1, 0.15) is 41.1 Å². The number of halogens is 4. The molecule has 2 aliphatic heterocycles. The Bertz CT molecular complexity index is 1900. The largest absolute Gasteiger partial charge is 0.452 e. The van der Waals surface area contributed by atoms with E-state index < -0.39 is 34.0 Å². The number of aromatic nitrogens is 4. The first-order valence-corrected chi connectivity index (χ1v) is 17.3. The Labute approximate surface area is 274 Å². The van der Waals surface area contributed by atoms with Gasteiger partial charge >= 0.3 is 12.3 Å². The van der Waals surface area contributed by atoms with Crippen LogP contribution in [-0.4, -0.2) is 93.8 Å². The van der Waals surface area contributed by atoms with Gasteiger partial charge in [-0.15, -0.1) is 0 Å². The van der Waals surface area contributed by atoms with Gasteiger partial charge in [-0.25, -0.2) is 22.8 Å². The first-order valence-electron chi connectivity index (χ1n) is 15.1. The number of carbonyl (C=O) groups excluding carboxylic acids is 1. The molecular formula is C31H34ClF3N6O5S. The Balaban J connectivity index is 1.17. The number of fused-ring (bicyclic) bond motifs is 2. The number of aliphatic hydroxyl groups is 1. The predicted octanol–water partition coefficient (Wildman–Crippen LogP) is 4.74. The van der Waals surface area contributed by atoms with Crippen LogP contribution in [0.5, 0.6) is 0 Å². The monoisotopic (exact) mass is 694 g/mol. The van der Waals surface area contributed by atoms with Crippen molar-refractivity contribution in [1.29, 1.82) is 0 Å². The fourth-order valence-corrected chi connectivity index (χ4v) is 7.53. The second-order valence-corrected chi connectivity index (χ2v) is 14.4. The molecule has 3 aromatic heterocycles. The molecule has 1 saturated heterocycles. The molecule has 1 unspecified atom stereocenters. The van der Waals surface area contributed by atoms with E-state index in [1.165, 1.54) is 28.1 Å². The van der Waals surface area contributed by atoms with Crippen LogP contribution in [0.2, 0.25) is 5.15 Å². The number of piperidine rings is 1. The molecule has 2 aliphatic rings.